The summed E-state index contributed by atoms with van der Waals surface area (Å²) in [5, 5.41) is 0. The van der Waals surface area contributed by atoms with Gasteiger partial charge in [0.2, 0.25) is 0 Å². The van der Waals surface area contributed by atoms with Gasteiger partial charge in [-0.3, -0.25) is 0 Å². The fourth-order valence-electron chi connectivity index (χ4n) is 2.70. The second-order valence-electron chi connectivity index (χ2n) is 5.33. The molecule has 8 nitrogen and oxygen atoms in total. The predicted octanol–water partition coefficient (Wildman–Crippen LogP) is -0.637. The fraction of sp³-hybridized carbons (Fsp3) is 0.615. The number of nitrogens with two attached hydrogens (primary N) is 1. The van der Waals surface area contributed by atoms with Crippen molar-refractivity contribution in [2.45, 2.75) is 0 Å². The largest absolute Gasteiger partial charge is 0.384 e. The molecule has 1 aromatic rings. The summed E-state index contributed by atoms with van der Waals surface area (Å²) in [6.45, 7) is 3.92. The molecule has 0 aliphatic carbocycles. The van der Waals surface area contributed by atoms with E-state index in [4.69, 9.17) is 10.5 Å². The molecule has 0 radical (unpaired) electrons. The van der Waals surface area contributed by atoms with Crippen LogP contribution in [0, 0.1) is 0 Å². The normalized spacial score (nSPS) is 21.9. The van der Waals surface area contributed by atoms with Crippen LogP contribution < -0.4 is 10.6 Å². The Balaban J connectivity index is 1.63. The zero-order valence-corrected chi connectivity index (χ0v) is 13.2. The van der Waals surface area contributed by atoms with Crippen molar-refractivity contribution in [1.82, 2.24) is 13.6 Å². The van der Waals surface area contributed by atoms with Crippen LogP contribution in [0.15, 0.2) is 18.2 Å². The first-order chi connectivity index (χ1) is 10.6. The van der Waals surface area contributed by atoms with E-state index in [9.17, 15) is 8.42 Å². The molecule has 0 spiro atoms. The molecule has 3 rings (SSSR count). The van der Waals surface area contributed by atoms with Crippen molar-refractivity contribution in [2.24, 2.45) is 0 Å². The van der Waals surface area contributed by atoms with Crippen LogP contribution in [-0.4, -0.2) is 74.5 Å². The summed E-state index contributed by atoms with van der Waals surface area (Å²) in [7, 11) is -3.38. The molecule has 2 fully saturated rings. The van der Waals surface area contributed by atoms with Crippen LogP contribution in [0.2, 0.25) is 0 Å². The van der Waals surface area contributed by atoms with Gasteiger partial charge in [-0.1, -0.05) is 6.07 Å². The number of pyridine rings is 1. The number of morpholine rings is 1. The summed E-state index contributed by atoms with van der Waals surface area (Å²) in [5.41, 5.74) is 5.70. The second kappa shape index (κ2) is 6.37. The van der Waals surface area contributed by atoms with Crippen molar-refractivity contribution in [1.29, 1.82) is 0 Å². The average molecular weight is 327 g/mol. The maximum atomic E-state index is 12.6. The van der Waals surface area contributed by atoms with E-state index in [1.165, 1.54) is 4.31 Å². The monoisotopic (exact) mass is 327 g/mol. The summed E-state index contributed by atoms with van der Waals surface area (Å²) >= 11 is 0. The third kappa shape index (κ3) is 3.17. The molecule has 122 valence electrons. The van der Waals surface area contributed by atoms with Gasteiger partial charge in [0.1, 0.15) is 11.6 Å². The molecule has 0 saturated carbocycles. The van der Waals surface area contributed by atoms with E-state index in [0.717, 1.165) is 5.82 Å². The van der Waals surface area contributed by atoms with Gasteiger partial charge in [0.25, 0.3) is 10.2 Å². The molecule has 3 heterocycles. The highest BCUT2D eigenvalue weighted by Crippen LogP contribution is 2.18. The summed E-state index contributed by atoms with van der Waals surface area (Å²) in [5.74, 6) is 1.27. The first kappa shape index (κ1) is 15.5. The summed E-state index contributed by atoms with van der Waals surface area (Å²) in [6, 6.07) is 5.49. The molecular weight excluding hydrogens is 306 g/mol. The van der Waals surface area contributed by atoms with Gasteiger partial charge in [0, 0.05) is 39.3 Å². The number of anilines is 2. The van der Waals surface area contributed by atoms with Crippen molar-refractivity contribution in [2.75, 3.05) is 63.1 Å². The smallest absolute Gasteiger partial charge is 0.282 e. The van der Waals surface area contributed by atoms with E-state index >= 15 is 0 Å². The Kier molecular flexibility index (Phi) is 4.48. The van der Waals surface area contributed by atoms with Crippen molar-refractivity contribution in [3.63, 3.8) is 0 Å². The average Bonchev–Trinajstić information content (AvgIpc) is 2.56. The zero-order chi connectivity index (χ0) is 15.6. The van der Waals surface area contributed by atoms with Crippen molar-refractivity contribution in [3.8, 4) is 0 Å². The van der Waals surface area contributed by atoms with Gasteiger partial charge >= 0.3 is 0 Å². The van der Waals surface area contributed by atoms with Gasteiger partial charge in [0.15, 0.2) is 0 Å². The molecule has 0 unspecified atom stereocenters. The van der Waals surface area contributed by atoms with E-state index in [-0.39, 0.29) is 0 Å². The molecule has 2 aliphatic heterocycles. The molecule has 22 heavy (non-hydrogen) atoms. The molecule has 2 N–H and O–H groups in total. The molecule has 0 amide bonds. The molecule has 1 aromatic heterocycles. The first-order valence-electron chi connectivity index (χ1n) is 7.38. The number of nitrogen functional groups attached to an aromatic ring is 1. The number of hydrogen-bond acceptors (Lipinski definition) is 6. The first-order valence-corrected chi connectivity index (χ1v) is 8.77. The lowest BCUT2D eigenvalue weighted by Crippen LogP contribution is -2.55. The number of nitrogens with zero attached hydrogens (tertiary/aromatic N) is 4. The molecule has 0 aromatic carbocycles. The van der Waals surface area contributed by atoms with Crippen molar-refractivity contribution < 1.29 is 13.2 Å². The highest BCUT2D eigenvalue weighted by atomic mass is 32.2. The van der Waals surface area contributed by atoms with Gasteiger partial charge in [-0.2, -0.15) is 17.0 Å². The van der Waals surface area contributed by atoms with Crippen LogP contribution in [0.4, 0.5) is 11.6 Å². The maximum absolute atomic E-state index is 12.6. The Hall–Kier alpha value is -1.42. The number of hydrogen-bond donors (Lipinski definition) is 1. The minimum Gasteiger partial charge on any atom is -0.384 e. The highest BCUT2D eigenvalue weighted by molar-refractivity contribution is 7.86. The van der Waals surface area contributed by atoms with Crippen LogP contribution >= 0.6 is 0 Å². The second-order valence-corrected chi connectivity index (χ2v) is 7.25. The van der Waals surface area contributed by atoms with E-state index in [1.807, 2.05) is 12.1 Å². The van der Waals surface area contributed by atoms with E-state index in [2.05, 4.69) is 9.88 Å². The SMILES string of the molecule is Nc1cccc(N2CCN(S(=O)(=O)N3CCOCC3)CC2)n1. The van der Waals surface area contributed by atoms with Gasteiger partial charge in [-0.25, -0.2) is 4.98 Å². The van der Waals surface area contributed by atoms with Crippen LogP contribution in [0.3, 0.4) is 0 Å². The molecule has 2 aliphatic rings. The number of aromatic nitrogens is 1. The van der Waals surface area contributed by atoms with Gasteiger partial charge < -0.3 is 15.4 Å². The number of piperazine rings is 1. The third-order valence-electron chi connectivity index (χ3n) is 3.94. The highest BCUT2D eigenvalue weighted by Gasteiger charge is 2.33. The van der Waals surface area contributed by atoms with Crippen LogP contribution in [0.1, 0.15) is 0 Å². The molecule has 0 bridgehead atoms. The minimum absolute atomic E-state index is 0.430. The van der Waals surface area contributed by atoms with Gasteiger partial charge in [0.05, 0.1) is 13.2 Å². The minimum atomic E-state index is -3.38. The quantitative estimate of drug-likeness (QED) is 0.794. The van der Waals surface area contributed by atoms with Gasteiger partial charge in [-0.05, 0) is 12.1 Å². The Morgan fingerprint density at radius 1 is 1.00 bits per heavy atom. The van der Waals surface area contributed by atoms with Gasteiger partial charge in [-0.15, -0.1) is 0 Å². The number of ether oxygens (including phenoxy) is 1. The Bertz CT molecular complexity index is 610. The van der Waals surface area contributed by atoms with Crippen LogP contribution in [0.25, 0.3) is 0 Å². The third-order valence-corrected chi connectivity index (χ3v) is 5.98. The summed E-state index contributed by atoms with van der Waals surface area (Å²) < 4.78 is 33.4. The number of rotatable bonds is 3. The molecule has 9 heteroatoms. The van der Waals surface area contributed by atoms with E-state index in [0.29, 0.717) is 58.3 Å². The van der Waals surface area contributed by atoms with E-state index < -0.39 is 10.2 Å². The lowest BCUT2D eigenvalue weighted by molar-refractivity contribution is 0.0700. The molecule has 2 saturated heterocycles. The Morgan fingerprint density at radius 3 is 2.27 bits per heavy atom. The Morgan fingerprint density at radius 2 is 1.64 bits per heavy atom. The zero-order valence-electron chi connectivity index (χ0n) is 12.4. The van der Waals surface area contributed by atoms with Crippen LogP contribution in [-0.2, 0) is 14.9 Å². The fourth-order valence-corrected chi connectivity index (χ4v) is 4.27. The van der Waals surface area contributed by atoms with E-state index in [1.54, 1.807) is 10.4 Å². The topological polar surface area (TPSA) is 92.0 Å². The standard InChI is InChI=1S/C13H21N5O3S/c14-12-2-1-3-13(15-12)16-4-6-17(7-5-16)22(19,20)18-8-10-21-11-9-18/h1-3H,4-11H2,(H2,14,15). The van der Waals surface area contributed by atoms with Crippen LogP contribution in [0.5, 0.6) is 0 Å². The summed E-state index contributed by atoms with van der Waals surface area (Å²) in [6.07, 6.45) is 0. The lowest BCUT2D eigenvalue weighted by atomic mass is 10.3. The lowest BCUT2D eigenvalue weighted by Gasteiger charge is -2.38. The molecule has 0 atom stereocenters. The van der Waals surface area contributed by atoms with Crippen molar-refractivity contribution in [3.05, 3.63) is 18.2 Å². The predicted molar refractivity (Wildman–Crippen MR) is 83.7 cm³/mol. The molecular formula is C13H21N5O3S. The maximum Gasteiger partial charge on any atom is 0.282 e. The van der Waals surface area contributed by atoms with Crippen molar-refractivity contribution >= 4 is 21.8 Å². The summed E-state index contributed by atoms with van der Waals surface area (Å²) in [4.78, 5) is 6.34. The Labute approximate surface area is 130 Å².